The second-order valence-electron chi connectivity index (χ2n) is 7.20. The monoisotopic (exact) mass is 416 g/mol. The topological polar surface area (TPSA) is 81.8 Å². The molecule has 2 heterocycles. The Kier molecular flexibility index (Phi) is 8.68. The first-order valence-corrected chi connectivity index (χ1v) is 12.0. The molecule has 0 aliphatic carbocycles. The quantitative estimate of drug-likeness (QED) is 0.560. The highest BCUT2D eigenvalue weighted by molar-refractivity contribution is 7.91. The van der Waals surface area contributed by atoms with Gasteiger partial charge in [-0.2, -0.15) is 4.72 Å². The smallest absolute Gasteiger partial charge is 0.250 e. The molecule has 1 amide bonds. The van der Waals surface area contributed by atoms with Gasteiger partial charge in [-0.15, -0.1) is 11.3 Å². The Morgan fingerprint density at radius 1 is 1.22 bits per heavy atom. The number of rotatable bonds is 10. The number of thiophene rings is 1. The molecular formula is C18H32N4O3S2. The third-order valence-corrected chi connectivity index (χ3v) is 7.69. The maximum Gasteiger partial charge on any atom is 0.250 e. The Morgan fingerprint density at radius 2 is 1.89 bits per heavy atom. The number of likely N-dealkylation sites (N-methyl/N-ethyl adjacent to an activating group) is 1. The van der Waals surface area contributed by atoms with Crippen LogP contribution in [0.15, 0.2) is 21.7 Å². The fraction of sp³-hybridized carbons (Fsp3) is 0.722. The zero-order chi connectivity index (χ0) is 19.9. The normalized spacial score (nSPS) is 17.9. The number of piperazine rings is 1. The van der Waals surface area contributed by atoms with Crippen LogP contribution >= 0.6 is 11.3 Å². The molecule has 9 heteroatoms. The first kappa shape index (κ1) is 22.3. The van der Waals surface area contributed by atoms with Crippen molar-refractivity contribution in [2.75, 3.05) is 45.8 Å². The van der Waals surface area contributed by atoms with E-state index in [1.165, 1.54) is 0 Å². The van der Waals surface area contributed by atoms with Gasteiger partial charge in [0.1, 0.15) is 10.3 Å². The average Bonchev–Trinajstić information content (AvgIpc) is 3.19. The lowest BCUT2D eigenvalue weighted by Crippen LogP contribution is -2.50. The van der Waals surface area contributed by atoms with Gasteiger partial charge in [-0.25, -0.2) is 8.42 Å². The van der Waals surface area contributed by atoms with E-state index in [9.17, 15) is 13.2 Å². The van der Waals surface area contributed by atoms with Gasteiger partial charge in [0.05, 0.1) is 0 Å². The molecular weight excluding hydrogens is 384 g/mol. The van der Waals surface area contributed by atoms with Crippen LogP contribution < -0.4 is 10.0 Å². The molecule has 1 unspecified atom stereocenters. The molecule has 154 valence electrons. The molecule has 1 saturated heterocycles. The van der Waals surface area contributed by atoms with E-state index in [0.29, 0.717) is 6.54 Å². The standard InChI is InChI=1S/C18H32N4O3S2/c1-4-21-10-12-22(13-11-21)9-6-8-19-18(23)17(15(2)3)20-27(24,25)16-7-5-14-26-16/h5,7,14-15,17,20H,4,6,8-13H2,1-3H3,(H,19,23). The Morgan fingerprint density at radius 3 is 2.44 bits per heavy atom. The summed E-state index contributed by atoms with van der Waals surface area (Å²) in [5, 5.41) is 4.60. The summed E-state index contributed by atoms with van der Waals surface area (Å²) in [5.74, 6) is -0.400. The van der Waals surface area contributed by atoms with Crippen LogP contribution in [0.5, 0.6) is 0 Å². The van der Waals surface area contributed by atoms with E-state index in [0.717, 1.165) is 57.0 Å². The van der Waals surface area contributed by atoms with Crippen LogP contribution in [-0.2, 0) is 14.8 Å². The van der Waals surface area contributed by atoms with E-state index in [4.69, 9.17) is 0 Å². The third-order valence-electron chi connectivity index (χ3n) is 4.85. The third kappa shape index (κ3) is 6.83. The predicted octanol–water partition coefficient (Wildman–Crippen LogP) is 1.19. The van der Waals surface area contributed by atoms with E-state index < -0.39 is 16.1 Å². The van der Waals surface area contributed by atoms with Crippen molar-refractivity contribution in [1.29, 1.82) is 0 Å². The Labute approximate surface area is 167 Å². The largest absolute Gasteiger partial charge is 0.355 e. The second kappa shape index (κ2) is 10.5. The lowest BCUT2D eigenvalue weighted by atomic mass is 10.1. The number of amides is 1. The van der Waals surface area contributed by atoms with Crippen molar-refractivity contribution in [3.8, 4) is 0 Å². The van der Waals surface area contributed by atoms with Crippen molar-refractivity contribution in [3.63, 3.8) is 0 Å². The van der Waals surface area contributed by atoms with Gasteiger partial charge in [0.15, 0.2) is 0 Å². The fourth-order valence-corrected chi connectivity index (χ4v) is 5.44. The minimum Gasteiger partial charge on any atom is -0.355 e. The van der Waals surface area contributed by atoms with Crippen molar-refractivity contribution >= 4 is 27.3 Å². The van der Waals surface area contributed by atoms with E-state index >= 15 is 0 Å². The van der Waals surface area contributed by atoms with E-state index in [2.05, 4.69) is 26.8 Å². The van der Waals surface area contributed by atoms with Gasteiger partial charge in [0, 0.05) is 32.7 Å². The van der Waals surface area contributed by atoms with Crippen molar-refractivity contribution in [2.24, 2.45) is 5.92 Å². The van der Waals surface area contributed by atoms with Gasteiger partial charge in [0.2, 0.25) is 5.91 Å². The predicted molar refractivity (Wildman–Crippen MR) is 109 cm³/mol. The molecule has 1 atom stereocenters. The van der Waals surface area contributed by atoms with E-state index in [1.807, 2.05) is 13.8 Å². The van der Waals surface area contributed by atoms with Gasteiger partial charge in [0.25, 0.3) is 10.0 Å². The maximum atomic E-state index is 12.5. The van der Waals surface area contributed by atoms with Crippen LogP contribution in [0.3, 0.4) is 0 Å². The Balaban J connectivity index is 1.77. The summed E-state index contributed by atoms with van der Waals surface area (Å²) in [6.07, 6.45) is 0.861. The second-order valence-corrected chi connectivity index (χ2v) is 10.1. The molecule has 0 spiro atoms. The molecule has 2 N–H and O–H groups in total. The lowest BCUT2D eigenvalue weighted by Gasteiger charge is -2.34. The fourth-order valence-electron chi connectivity index (χ4n) is 3.09. The van der Waals surface area contributed by atoms with Gasteiger partial charge < -0.3 is 15.1 Å². The summed E-state index contributed by atoms with van der Waals surface area (Å²) < 4.78 is 27.6. The highest BCUT2D eigenvalue weighted by atomic mass is 32.2. The zero-order valence-corrected chi connectivity index (χ0v) is 18.1. The van der Waals surface area contributed by atoms with Gasteiger partial charge in [-0.1, -0.05) is 26.8 Å². The molecule has 0 saturated carbocycles. The van der Waals surface area contributed by atoms with Crippen LogP contribution in [0.4, 0.5) is 0 Å². The van der Waals surface area contributed by atoms with Crippen LogP contribution in [-0.4, -0.2) is 76.0 Å². The van der Waals surface area contributed by atoms with Crippen LogP contribution in [0, 0.1) is 5.92 Å². The molecule has 1 aromatic heterocycles. The van der Waals surface area contributed by atoms with E-state index in [1.54, 1.807) is 17.5 Å². The first-order chi connectivity index (χ1) is 12.8. The van der Waals surface area contributed by atoms with Crippen molar-refractivity contribution in [1.82, 2.24) is 19.8 Å². The van der Waals surface area contributed by atoms with Crippen LogP contribution in [0.2, 0.25) is 0 Å². The number of nitrogens with one attached hydrogen (secondary N) is 2. The molecule has 7 nitrogen and oxygen atoms in total. The summed E-state index contributed by atoms with van der Waals surface area (Å²) in [6.45, 7) is 12.8. The Hall–Kier alpha value is -1.00. The number of nitrogens with zero attached hydrogens (tertiary/aromatic N) is 2. The van der Waals surface area contributed by atoms with Crippen molar-refractivity contribution in [3.05, 3.63) is 17.5 Å². The van der Waals surface area contributed by atoms with Gasteiger partial charge in [-0.3, -0.25) is 4.79 Å². The number of hydrogen-bond donors (Lipinski definition) is 2. The summed E-state index contributed by atoms with van der Waals surface area (Å²) in [6, 6.07) is 2.45. The van der Waals surface area contributed by atoms with Crippen LogP contribution in [0.1, 0.15) is 27.2 Å². The van der Waals surface area contributed by atoms with Crippen LogP contribution in [0.25, 0.3) is 0 Å². The van der Waals surface area contributed by atoms with Gasteiger partial charge in [-0.05, 0) is 36.9 Å². The molecule has 0 radical (unpaired) electrons. The number of carbonyl (C=O) groups excluding carboxylic acids is 1. The summed E-state index contributed by atoms with van der Waals surface area (Å²) >= 11 is 1.14. The number of hydrogen-bond acceptors (Lipinski definition) is 6. The molecule has 1 aromatic rings. The minimum atomic E-state index is -3.67. The van der Waals surface area contributed by atoms with Crippen molar-refractivity contribution in [2.45, 2.75) is 37.4 Å². The molecule has 2 rings (SSSR count). The molecule has 0 bridgehead atoms. The highest BCUT2D eigenvalue weighted by Crippen LogP contribution is 2.17. The first-order valence-electron chi connectivity index (χ1n) is 9.61. The van der Waals surface area contributed by atoms with E-state index in [-0.39, 0.29) is 16.0 Å². The molecule has 1 aliphatic rings. The number of carbonyl (C=O) groups is 1. The maximum absolute atomic E-state index is 12.5. The molecule has 1 fully saturated rings. The minimum absolute atomic E-state index is 0.137. The average molecular weight is 417 g/mol. The SMILES string of the molecule is CCN1CCN(CCCNC(=O)C(NS(=O)(=O)c2cccs2)C(C)C)CC1. The zero-order valence-electron chi connectivity index (χ0n) is 16.5. The molecule has 27 heavy (non-hydrogen) atoms. The highest BCUT2D eigenvalue weighted by Gasteiger charge is 2.28. The number of sulfonamides is 1. The van der Waals surface area contributed by atoms with Gasteiger partial charge >= 0.3 is 0 Å². The summed E-state index contributed by atoms with van der Waals surface area (Å²) in [5.41, 5.74) is 0. The summed E-state index contributed by atoms with van der Waals surface area (Å²) in [7, 11) is -3.67. The molecule has 0 aromatic carbocycles. The lowest BCUT2D eigenvalue weighted by molar-refractivity contribution is -0.123. The molecule has 1 aliphatic heterocycles. The Bertz CT molecular complexity index is 669. The summed E-state index contributed by atoms with van der Waals surface area (Å²) in [4.78, 5) is 17.4. The van der Waals surface area contributed by atoms with Crippen molar-refractivity contribution < 1.29 is 13.2 Å².